The minimum absolute atomic E-state index is 0.124. The minimum atomic E-state index is -1.54. The van der Waals surface area contributed by atoms with Gasteiger partial charge in [0, 0.05) is 13.0 Å². The first-order valence-electron chi connectivity index (χ1n) is 26.0. The molecule has 1 fully saturated rings. The summed E-state index contributed by atoms with van der Waals surface area (Å²) in [4.78, 5) is 12.8. The zero-order valence-corrected chi connectivity index (χ0v) is 40.8. The number of carbonyl (C=O) groups excluding carboxylic acids is 1. The molecule has 0 aromatic carbocycles. The van der Waals surface area contributed by atoms with Gasteiger partial charge in [-0.1, -0.05) is 189 Å². The summed E-state index contributed by atoms with van der Waals surface area (Å²) in [6.45, 7) is 4.41. The van der Waals surface area contributed by atoms with Crippen LogP contribution in [-0.4, -0.2) is 89.6 Å². The molecular weight excluding hydrogens is 805 g/mol. The third-order valence-electron chi connectivity index (χ3n) is 11.6. The first kappa shape index (κ1) is 59.6. The van der Waals surface area contributed by atoms with E-state index in [0.717, 1.165) is 77.0 Å². The Labute approximate surface area is 391 Å². The predicted octanol–water partition coefficient (Wildman–Crippen LogP) is 12.8. The number of hydrogen-bond donors (Lipinski definition) is 4. The van der Waals surface area contributed by atoms with Gasteiger partial charge in [0.2, 0.25) is 0 Å². The largest absolute Gasteiger partial charge is 0.457 e. The van der Waals surface area contributed by atoms with Crippen molar-refractivity contribution in [2.45, 2.75) is 243 Å². The number of ether oxygens (including phenoxy) is 4. The molecule has 0 radical (unpaired) electrons. The normalized spacial score (nSPS) is 20.1. The molecule has 0 saturated carbocycles. The van der Waals surface area contributed by atoms with Gasteiger partial charge < -0.3 is 39.4 Å². The maximum Gasteiger partial charge on any atom is 0.306 e. The van der Waals surface area contributed by atoms with Gasteiger partial charge in [0.15, 0.2) is 6.29 Å². The molecule has 6 atom stereocenters. The molecule has 0 spiro atoms. The second kappa shape index (κ2) is 45.8. The fraction of sp³-hybridized carbons (Fsp3) is 0.764. The first-order chi connectivity index (χ1) is 31.4. The summed E-state index contributed by atoms with van der Waals surface area (Å²) in [7, 11) is 0. The Morgan fingerprint density at radius 3 is 1.44 bits per heavy atom. The summed E-state index contributed by atoms with van der Waals surface area (Å²) in [5.74, 6) is -0.324. The second-order valence-corrected chi connectivity index (χ2v) is 17.6. The van der Waals surface area contributed by atoms with Crippen LogP contribution in [0.1, 0.15) is 206 Å². The fourth-order valence-corrected chi connectivity index (χ4v) is 7.57. The van der Waals surface area contributed by atoms with Crippen LogP contribution in [-0.2, 0) is 23.7 Å². The highest BCUT2D eigenvalue weighted by Crippen LogP contribution is 2.23. The monoisotopic (exact) mass is 901 g/mol. The number of carbonyl (C=O) groups is 1. The summed E-state index contributed by atoms with van der Waals surface area (Å²) in [5, 5.41) is 40.2. The molecule has 1 heterocycles. The van der Waals surface area contributed by atoms with Crippen molar-refractivity contribution in [3.05, 3.63) is 72.9 Å². The van der Waals surface area contributed by atoms with E-state index < -0.39 is 43.4 Å². The lowest BCUT2D eigenvalue weighted by Crippen LogP contribution is -2.59. The molecule has 0 amide bonds. The van der Waals surface area contributed by atoms with E-state index in [1.807, 2.05) is 0 Å². The summed E-state index contributed by atoms with van der Waals surface area (Å²) in [6.07, 6.45) is 53.6. The summed E-state index contributed by atoms with van der Waals surface area (Å²) < 4.78 is 22.9. The smallest absolute Gasteiger partial charge is 0.306 e. The number of aliphatic hydroxyl groups is 4. The van der Waals surface area contributed by atoms with Crippen molar-refractivity contribution >= 4 is 5.97 Å². The van der Waals surface area contributed by atoms with Gasteiger partial charge in [-0.2, -0.15) is 0 Å². The topological polar surface area (TPSA) is 135 Å². The van der Waals surface area contributed by atoms with Crippen LogP contribution >= 0.6 is 0 Å². The van der Waals surface area contributed by atoms with E-state index in [-0.39, 0.29) is 19.2 Å². The van der Waals surface area contributed by atoms with E-state index >= 15 is 0 Å². The Hall–Kier alpha value is -2.37. The van der Waals surface area contributed by atoms with Crippen LogP contribution in [0.4, 0.5) is 0 Å². The maximum atomic E-state index is 12.8. The first-order valence-corrected chi connectivity index (χ1v) is 26.0. The van der Waals surface area contributed by atoms with Crippen molar-refractivity contribution in [2.24, 2.45) is 0 Å². The van der Waals surface area contributed by atoms with Crippen LogP contribution in [0, 0.1) is 0 Å². The molecule has 1 aliphatic rings. The van der Waals surface area contributed by atoms with Crippen molar-refractivity contribution in [2.75, 3.05) is 26.4 Å². The SMILES string of the molecule is CC/C=C\C/C=C\C/C=C\CCCCCCCCOCC(COC1OC(CO)C(O)C(O)C1O)OC(=O)CCCCCCCCCCCC/C=C\C/C=C\C/C=C\CCCCCCC. The summed E-state index contributed by atoms with van der Waals surface area (Å²) >= 11 is 0. The van der Waals surface area contributed by atoms with Gasteiger partial charge >= 0.3 is 5.97 Å². The van der Waals surface area contributed by atoms with Crippen LogP contribution in [0.3, 0.4) is 0 Å². The van der Waals surface area contributed by atoms with E-state index in [4.69, 9.17) is 18.9 Å². The van der Waals surface area contributed by atoms with Gasteiger partial charge in [-0.05, 0) is 83.5 Å². The Morgan fingerprint density at radius 2 is 0.953 bits per heavy atom. The Bertz CT molecular complexity index is 1210. The number of unbranched alkanes of at least 4 members (excludes halogenated alkanes) is 21. The summed E-state index contributed by atoms with van der Waals surface area (Å²) in [5.41, 5.74) is 0. The minimum Gasteiger partial charge on any atom is -0.457 e. The highest BCUT2D eigenvalue weighted by atomic mass is 16.7. The quantitative estimate of drug-likeness (QED) is 0.0268. The average Bonchev–Trinajstić information content (AvgIpc) is 3.30. The van der Waals surface area contributed by atoms with Crippen molar-refractivity contribution in [1.82, 2.24) is 0 Å². The Balaban J connectivity index is 2.20. The average molecular weight is 901 g/mol. The number of aliphatic hydroxyl groups excluding tert-OH is 4. The van der Waals surface area contributed by atoms with E-state index in [1.165, 1.54) is 109 Å². The fourth-order valence-electron chi connectivity index (χ4n) is 7.57. The molecule has 0 aromatic rings. The van der Waals surface area contributed by atoms with Gasteiger partial charge in [-0.15, -0.1) is 0 Å². The van der Waals surface area contributed by atoms with Crippen molar-refractivity contribution in [3.8, 4) is 0 Å². The van der Waals surface area contributed by atoms with Crippen LogP contribution in [0.5, 0.6) is 0 Å². The predicted molar refractivity (Wildman–Crippen MR) is 265 cm³/mol. The molecule has 4 N–H and O–H groups in total. The number of hydrogen-bond acceptors (Lipinski definition) is 9. The lowest BCUT2D eigenvalue weighted by atomic mass is 9.99. The number of rotatable bonds is 44. The van der Waals surface area contributed by atoms with Gasteiger partial charge in [0.1, 0.15) is 30.5 Å². The molecule has 0 aromatic heterocycles. The van der Waals surface area contributed by atoms with E-state index in [1.54, 1.807) is 0 Å². The van der Waals surface area contributed by atoms with Crippen molar-refractivity contribution in [1.29, 1.82) is 0 Å². The van der Waals surface area contributed by atoms with Gasteiger partial charge in [-0.3, -0.25) is 4.79 Å². The van der Waals surface area contributed by atoms with Gasteiger partial charge in [0.05, 0.1) is 19.8 Å². The molecule has 64 heavy (non-hydrogen) atoms. The maximum absolute atomic E-state index is 12.8. The van der Waals surface area contributed by atoms with E-state index in [0.29, 0.717) is 13.0 Å². The van der Waals surface area contributed by atoms with Gasteiger partial charge in [-0.25, -0.2) is 0 Å². The lowest BCUT2D eigenvalue weighted by Gasteiger charge is -2.39. The zero-order chi connectivity index (χ0) is 46.4. The molecule has 9 nitrogen and oxygen atoms in total. The summed E-state index contributed by atoms with van der Waals surface area (Å²) in [6, 6.07) is 0. The molecule has 0 aliphatic carbocycles. The standard InChI is InChI=1S/C55H96O9/c1-3-5-7-9-11-13-15-17-19-21-22-23-24-25-26-27-28-29-30-32-34-36-38-40-42-44-51(57)63-49(48-62-55-54(60)53(59)52(58)50(46-56)64-55)47-61-45-43-41-39-37-35-33-31-20-18-16-14-12-10-8-6-4-2/h6,8,12,14-15,17-18,20-22,24-25,49-50,52-56,58-60H,3-5,7,9-11,13,16,19,23,26-48H2,1-2H3/b8-6-,14-12-,17-15-,20-18-,22-21-,25-24-. The van der Waals surface area contributed by atoms with Crippen LogP contribution in [0.25, 0.3) is 0 Å². The molecular formula is C55H96O9. The van der Waals surface area contributed by atoms with Crippen molar-refractivity contribution in [3.63, 3.8) is 0 Å². The third kappa shape index (κ3) is 35.8. The second-order valence-electron chi connectivity index (χ2n) is 17.6. The van der Waals surface area contributed by atoms with Crippen LogP contribution < -0.4 is 0 Å². The molecule has 9 heteroatoms. The molecule has 1 rings (SSSR count). The highest BCUT2D eigenvalue weighted by molar-refractivity contribution is 5.69. The lowest BCUT2D eigenvalue weighted by molar-refractivity contribution is -0.305. The molecule has 1 aliphatic heterocycles. The van der Waals surface area contributed by atoms with Crippen molar-refractivity contribution < 1.29 is 44.2 Å². The molecule has 6 unspecified atom stereocenters. The molecule has 370 valence electrons. The Kier molecular flexibility index (Phi) is 42.7. The van der Waals surface area contributed by atoms with E-state index in [9.17, 15) is 25.2 Å². The molecule has 1 saturated heterocycles. The van der Waals surface area contributed by atoms with Gasteiger partial charge in [0.25, 0.3) is 0 Å². The molecule has 0 bridgehead atoms. The van der Waals surface area contributed by atoms with E-state index in [2.05, 4.69) is 86.8 Å². The zero-order valence-electron chi connectivity index (χ0n) is 40.8. The Morgan fingerprint density at radius 1 is 0.516 bits per heavy atom. The number of esters is 1. The highest BCUT2D eigenvalue weighted by Gasteiger charge is 2.44. The number of allylic oxidation sites excluding steroid dienone is 12. The van der Waals surface area contributed by atoms with Crippen LogP contribution in [0.2, 0.25) is 0 Å². The van der Waals surface area contributed by atoms with Crippen LogP contribution in [0.15, 0.2) is 72.9 Å². The third-order valence-corrected chi connectivity index (χ3v) is 11.6.